The van der Waals surface area contributed by atoms with Gasteiger partial charge >= 0.3 is 0 Å². The lowest BCUT2D eigenvalue weighted by atomic mass is 10.1. The van der Waals surface area contributed by atoms with Gasteiger partial charge in [-0.1, -0.05) is 42.5 Å². The van der Waals surface area contributed by atoms with Crippen molar-refractivity contribution in [1.29, 1.82) is 0 Å². The SMILES string of the molecule is C1=C[C@H](c2ccccc2)OCC1. The molecule has 0 amide bonds. The third kappa shape index (κ3) is 1.56. The molecule has 0 N–H and O–H groups in total. The van der Waals surface area contributed by atoms with Crippen LogP contribution in [0.4, 0.5) is 0 Å². The Morgan fingerprint density at radius 1 is 1.17 bits per heavy atom. The van der Waals surface area contributed by atoms with Crippen LogP contribution >= 0.6 is 0 Å². The Morgan fingerprint density at radius 2 is 2.00 bits per heavy atom. The quantitative estimate of drug-likeness (QED) is 0.574. The van der Waals surface area contributed by atoms with Gasteiger partial charge in [0, 0.05) is 0 Å². The maximum Gasteiger partial charge on any atom is 0.101 e. The summed E-state index contributed by atoms with van der Waals surface area (Å²) in [5.41, 5.74) is 1.24. The first-order valence-corrected chi connectivity index (χ1v) is 4.30. The molecule has 1 heterocycles. The molecule has 1 aliphatic heterocycles. The zero-order valence-electron chi connectivity index (χ0n) is 6.94. The molecule has 2 rings (SSSR count). The van der Waals surface area contributed by atoms with Crippen LogP contribution in [0, 0.1) is 0 Å². The topological polar surface area (TPSA) is 9.23 Å². The number of benzene rings is 1. The molecule has 1 atom stereocenters. The summed E-state index contributed by atoms with van der Waals surface area (Å²) < 4.78 is 5.58. The average molecular weight is 160 g/mol. The first-order chi connectivity index (χ1) is 5.97. The summed E-state index contributed by atoms with van der Waals surface area (Å²) in [6.07, 6.45) is 5.53. The van der Waals surface area contributed by atoms with Crippen molar-refractivity contribution in [2.75, 3.05) is 6.61 Å². The minimum Gasteiger partial charge on any atom is -0.369 e. The highest BCUT2D eigenvalue weighted by Crippen LogP contribution is 2.21. The molecule has 0 aliphatic carbocycles. The normalized spacial score (nSPS) is 22.5. The van der Waals surface area contributed by atoms with E-state index < -0.39 is 0 Å². The van der Waals surface area contributed by atoms with E-state index in [1.54, 1.807) is 0 Å². The van der Waals surface area contributed by atoms with Crippen LogP contribution in [-0.4, -0.2) is 6.61 Å². The Balaban J connectivity index is 2.19. The van der Waals surface area contributed by atoms with Gasteiger partial charge in [-0.3, -0.25) is 0 Å². The largest absolute Gasteiger partial charge is 0.369 e. The van der Waals surface area contributed by atoms with Crippen molar-refractivity contribution in [3.8, 4) is 0 Å². The second kappa shape index (κ2) is 3.55. The van der Waals surface area contributed by atoms with Gasteiger partial charge in [0.1, 0.15) is 6.10 Å². The molecule has 12 heavy (non-hydrogen) atoms. The molecule has 0 saturated carbocycles. The van der Waals surface area contributed by atoms with Gasteiger partial charge in [0.05, 0.1) is 6.61 Å². The van der Waals surface area contributed by atoms with Gasteiger partial charge in [0.25, 0.3) is 0 Å². The van der Waals surface area contributed by atoms with E-state index in [2.05, 4.69) is 24.3 Å². The second-order valence-corrected chi connectivity index (χ2v) is 2.92. The summed E-state index contributed by atoms with van der Waals surface area (Å²) in [6, 6.07) is 10.3. The maximum absolute atomic E-state index is 5.58. The fraction of sp³-hybridized carbons (Fsp3) is 0.273. The van der Waals surface area contributed by atoms with Gasteiger partial charge in [0.15, 0.2) is 0 Å². The van der Waals surface area contributed by atoms with Crippen LogP contribution in [0.2, 0.25) is 0 Å². The highest BCUT2D eigenvalue weighted by molar-refractivity contribution is 5.21. The van der Waals surface area contributed by atoms with E-state index in [1.165, 1.54) is 5.56 Å². The van der Waals surface area contributed by atoms with E-state index in [4.69, 9.17) is 4.74 Å². The monoisotopic (exact) mass is 160 g/mol. The van der Waals surface area contributed by atoms with Crippen molar-refractivity contribution in [3.05, 3.63) is 48.0 Å². The lowest BCUT2D eigenvalue weighted by Gasteiger charge is -2.17. The Hall–Kier alpha value is -1.08. The first kappa shape index (κ1) is 7.56. The lowest BCUT2D eigenvalue weighted by molar-refractivity contribution is 0.0801. The van der Waals surface area contributed by atoms with Gasteiger partial charge < -0.3 is 4.74 Å². The zero-order valence-corrected chi connectivity index (χ0v) is 6.94. The van der Waals surface area contributed by atoms with Crippen LogP contribution in [0.25, 0.3) is 0 Å². The Kier molecular flexibility index (Phi) is 2.23. The minimum absolute atomic E-state index is 0.181. The highest BCUT2D eigenvalue weighted by atomic mass is 16.5. The number of hydrogen-bond acceptors (Lipinski definition) is 1. The van der Waals surface area contributed by atoms with Crippen molar-refractivity contribution in [2.45, 2.75) is 12.5 Å². The Bertz CT molecular complexity index is 264. The van der Waals surface area contributed by atoms with Crippen molar-refractivity contribution in [1.82, 2.24) is 0 Å². The van der Waals surface area contributed by atoms with E-state index in [-0.39, 0.29) is 6.10 Å². The van der Waals surface area contributed by atoms with Gasteiger partial charge in [0.2, 0.25) is 0 Å². The van der Waals surface area contributed by atoms with Crippen LogP contribution in [0.3, 0.4) is 0 Å². The van der Waals surface area contributed by atoms with Crippen LogP contribution in [0.1, 0.15) is 18.1 Å². The molecule has 0 fully saturated rings. The van der Waals surface area contributed by atoms with Gasteiger partial charge in [-0.25, -0.2) is 0 Å². The molecule has 0 saturated heterocycles. The van der Waals surface area contributed by atoms with E-state index in [1.807, 2.05) is 18.2 Å². The van der Waals surface area contributed by atoms with Crippen molar-refractivity contribution < 1.29 is 4.74 Å². The minimum atomic E-state index is 0.181. The molecule has 1 aromatic rings. The fourth-order valence-electron chi connectivity index (χ4n) is 1.39. The molecule has 0 radical (unpaired) electrons. The molecule has 62 valence electrons. The smallest absolute Gasteiger partial charge is 0.101 e. The van der Waals surface area contributed by atoms with E-state index in [0.29, 0.717) is 0 Å². The first-order valence-electron chi connectivity index (χ1n) is 4.30. The number of hydrogen-bond donors (Lipinski definition) is 0. The molecule has 1 nitrogen and oxygen atoms in total. The Morgan fingerprint density at radius 3 is 2.67 bits per heavy atom. The third-order valence-corrected chi connectivity index (χ3v) is 2.02. The molecule has 1 heteroatoms. The summed E-state index contributed by atoms with van der Waals surface area (Å²) in [4.78, 5) is 0. The summed E-state index contributed by atoms with van der Waals surface area (Å²) in [6.45, 7) is 0.843. The zero-order chi connectivity index (χ0) is 8.23. The summed E-state index contributed by atoms with van der Waals surface area (Å²) in [5, 5.41) is 0. The molecular weight excluding hydrogens is 148 g/mol. The standard InChI is InChI=1S/C11H12O/c1-2-6-10(7-3-1)11-8-4-5-9-12-11/h1-4,6-8,11H,5,9H2/t11-/m1/s1. The molecule has 1 aliphatic rings. The summed E-state index contributed by atoms with van der Waals surface area (Å²) in [7, 11) is 0. The highest BCUT2D eigenvalue weighted by Gasteiger charge is 2.09. The predicted octanol–water partition coefficient (Wildman–Crippen LogP) is 2.70. The molecule has 0 unspecified atom stereocenters. The van der Waals surface area contributed by atoms with Gasteiger partial charge in [-0.15, -0.1) is 0 Å². The molecule has 0 spiro atoms. The Labute approximate surface area is 72.7 Å². The van der Waals surface area contributed by atoms with Crippen LogP contribution in [-0.2, 0) is 4.74 Å². The van der Waals surface area contributed by atoms with E-state index >= 15 is 0 Å². The van der Waals surface area contributed by atoms with Crippen molar-refractivity contribution in [2.24, 2.45) is 0 Å². The van der Waals surface area contributed by atoms with Crippen molar-refractivity contribution in [3.63, 3.8) is 0 Å². The molecule has 0 bridgehead atoms. The molecular formula is C11H12O. The molecule has 0 aromatic heterocycles. The maximum atomic E-state index is 5.58. The fourth-order valence-corrected chi connectivity index (χ4v) is 1.39. The third-order valence-electron chi connectivity index (χ3n) is 2.02. The summed E-state index contributed by atoms with van der Waals surface area (Å²) >= 11 is 0. The average Bonchev–Trinajstić information content (AvgIpc) is 2.21. The summed E-state index contributed by atoms with van der Waals surface area (Å²) in [5.74, 6) is 0. The van der Waals surface area contributed by atoms with E-state index in [0.717, 1.165) is 13.0 Å². The predicted molar refractivity (Wildman–Crippen MR) is 48.9 cm³/mol. The number of ether oxygens (including phenoxy) is 1. The number of rotatable bonds is 1. The van der Waals surface area contributed by atoms with Crippen LogP contribution < -0.4 is 0 Å². The van der Waals surface area contributed by atoms with E-state index in [9.17, 15) is 0 Å². The van der Waals surface area contributed by atoms with Crippen molar-refractivity contribution >= 4 is 0 Å². The lowest BCUT2D eigenvalue weighted by Crippen LogP contribution is -2.06. The van der Waals surface area contributed by atoms with Crippen LogP contribution in [0.5, 0.6) is 0 Å². The van der Waals surface area contributed by atoms with Gasteiger partial charge in [-0.2, -0.15) is 0 Å². The molecule has 1 aromatic carbocycles. The van der Waals surface area contributed by atoms with Gasteiger partial charge in [-0.05, 0) is 12.0 Å². The van der Waals surface area contributed by atoms with Crippen LogP contribution in [0.15, 0.2) is 42.5 Å². The second-order valence-electron chi connectivity index (χ2n) is 2.92.